The first-order chi connectivity index (χ1) is 34.2. The standard InChI is InChI=1S/C52H32N4O16/c57-45(58)25-9-21(10-26(17-25)46(59)60)41-33-1-2-34(53-33)42(22-11-27(47(61)62)18-28(12-22)48(63)64)36-5-6-38(55-36)44(24-15-31(51(69)70)20-32(16-24)52(71)72)40-8-7-39(56-40)43(37-4-3-35(41)54-37)23-13-29(49(65)66)19-30(14-23)50(67)68/h1-20,53-56H,(H,57,58)(H,59,60)(H,61,62)(H,63,64)(H,65,66)(H,67,68)(H,69,70)(H,71,72). The van der Waals surface area contributed by atoms with Crippen LogP contribution in [0, 0.1) is 0 Å². The monoisotopic (exact) mass is 968 g/mol. The van der Waals surface area contributed by atoms with Gasteiger partial charge in [-0.1, -0.05) is 0 Å². The Balaban J connectivity index is 1.50. The van der Waals surface area contributed by atoms with Gasteiger partial charge in [-0.15, -0.1) is 0 Å². The van der Waals surface area contributed by atoms with E-state index in [-0.39, 0.29) is 88.7 Å². The van der Waals surface area contributed by atoms with Gasteiger partial charge in [0.1, 0.15) is 0 Å². The van der Waals surface area contributed by atoms with E-state index in [1.807, 2.05) is 0 Å². The summed E-state index contributed by atoms with van der Waals surface area (Å²) in [7, 11) is 0. The Morgan fingerprint density at radius 1 is 0.236 bits per heavy atom. The van der Waals surface area contributed by atoms with Crippen LogP contribution >= 0.6 is 0 Å². The van der Waals surface area contributed by atoms with Gasteiger partial charge in [0.2, 0.25) is 0 Å². The quantitative estimate of drug-likeness (QED) is 0.0826. The van der Waals surface area contributed by atoms with Gasteiger partial charge in [0.05, 0.1) is 44.5 Å². The molecule has 0 atom stereocenters. The predicted octanol–water partition coefficient (Wildman–Crippen LogP) is 3.89. The fourth-order valence-electron chi connectivity index (χ4n) is 8.65. The van der Waals surface area contributed by atoms with Crippen molar-refractivity contribution in [2.45, 2.75) is 0 Å². The summed E-state index contributed by atoms with van der Waals surface area (Å²) in [5, 5.41) is 81.9. The van der Waals surface area contributed by atoms with Crippen LogP contribution in [0.25, 0.3) is 22.3 Å². The average molecular weight is 969 g/mol. The van der Waals surface area contributed by atoms with Gasteiger partial charge >= 0.3 is 47.8 Å². The average Bonchev–Trinajstić information content (AvgIpc) is 4.19. The molecule has 20 heteroatoms. The molecule has 0 amide bonds. The molecule has 8 aromatic rings. The van der Waals surface area contributed by atoms with E-state index in [2.05, 4.69) is 19.9 Å². The number of rotatable bonds is 12. The summed E-state index contributed by atoms with van der Waals surface area (Å²) in [5.41, 5.74) is -1.70. The van der Waals surface area contributed by atoms with Crippen molar-refractivity contribution >= 4 is 70.0 Å². The molecule has 0 radical (unpaired) electrons. The van der Waals surface area contributed by atoms with Crippen molar-refractivity contribution in [2.75, 3.05) is 0 Å². The van der Waals surface area contributed by atoms with Crippen molar-refractivity contribution in [3.05, 3.63) is 232 Å². The normalized spacial score (nSPS) is 12.1. The van der Waals surface area contributed by atoms with Crippen LogP contribution in [-0.2, 0) is 0 Å². The number of aromatic carboxylic acids is 8. The summed E-state index contributed by atoms with van der Waals surface area (Å²) in [6, 6.07) is 26.0. The lowest BCUT2D eigenvalue weighted by Gasteiger charge is -2.12. The minimum Gasteiger partial charge on any atom is -0.478 e. The maximum Gasteiger partial charge on any atom is 0.335 e. The molecule has 4 aromatic heterocycles. The molecular formula is C52H32N4O16. The zero-order valence-electron chi connectivity index (χ0n) is 36.4. The van der Waals surface area contributed by atoms with Gasteiger partial charge < -0.3 is 60.8 Å². The van der Waals surface area contributed by atoms with E-state index in [0.717, 1.165) is 24.3 Å². The van der Waals surface area contributed by atoms with E-state index < -0.39 is 92.3 Å². The Labute approximate surface area is 400 Å². The number of hydrogen-bond donors (Lipinski definition) is 12. The summed E-state index contributed by atoms with van der Waals surface area (Å²) < 4.78 is 0. The predicted molar refractivity (Wildman–Crippen MR) is 250 cm³/mol. The maximum atomic E-state index is 12.5. The van der Waals surface area contributed by atoms with Crippen LogP contribution in [-0.4, -0.2) is 109 Å². The summed E-state index contributed by atoms with van der Waals surface area (Å²) in [6.45, 7) is 0. The van der Waals surface area contributed by atoms with Gasteiger partial charge in [-0.2, -0.15) is 0 Å². The molecule has 20 nitrogen and oxygen atoms in total. The van der Waals surface area contributed by atoms with Gasteiger partial charge in [-0.05, 0) is 144 Å². The molecule has 12 N–H and O–H groups in total. The third-order valence-corrected chi connectivity index (χ3v) is 11.8. The number of aromatic nitrogens is 4. The largest absolute Gasteiger partial charge is 0.478 e. The Bertz CT molecular complexity index is 3390. The van der Waals surface area contributed by atoms with Crippen molar-refractivity contribution in [3.8, 4) is 0 Å². The zero-order chi connectivity index (χ0) is 51.4. The lowest BCUT2D eigenvalue weighted by atomic mass is 9.97. The second kappa shape index (κ2) is 17.7. The molecular weight excluding hydrogens is 937 g/mol. The molecule has 8 bridgehead atoms. The molecule has 0 saturated heterocycles. The van der Waals surface area contributed by atoms with E-state index in [9.17, 15) is 79.2 Å². The van der Waals surface area contributed by atoms with Crippen LogP contribution in [0.2, 0.25) is 0 Å². The molecule has 0 aliphatic carbocycles. The number of carboxylic acid groups (broad SMARTS) is 8. The summed E-state index contributed by atoms with van der Waals surface area (Å²) in [5.74, 6) is -11.7. The number of aromatic amines is 4. The molecule has 0 saturated carbocycles. The molecule has 4 aromatic carbocycles. The molecule has 1 aliphatic rings. The SMILES string of the molecule is O=C(O)c1cc(C(=O)O)cc(C2=c3ccc([nH]3)=C(c3cc(C(=O)O)cc(C(=O)O)c3)c3ccc([nH]3)C(c3cc(C(=O)O)cc(C(=O)O)c3)=c3ccc([nH]3)=C(c3cc(C(=O)O)cc(C(=O)O)c3)c3ccc2[nH]3)c1. The third-order valence-electron chi connectivity index (χ3n) is 11.8. The van der Waals surface area contributed by atoms with Crippen molar-refractivity contribution in [1.29, 1.82) is 0 Å². The highest BCUT2D eigenvalue weighted by atomic mass is 16.4. The van der Waals surface area contributed by atoms with Crippen molar-refractivity contribution < 1.29 is 79.2 Å². The number of carboxylic acids is 8. The molecule has 72 heavy (non-hydrogen) atoms. The van der Waals surface area contributed by atoms with Gasteiger partial charge in [-0.25, -0.2) is 38.4 Å². The molecule has 0 fully saturated rings. The lowest BCUT2D eigenvalue weighted by Crippen LogP contribution is -2.20. The summed E-state index contributed by atoms with van der Waals surface area (Å²) in [6.07, 6.45) is 0. The fourth-order valence-corrected chi connectivity index (χ4v) is 8.65. The highest BCUT2D eigenvalue weighted by molar-refractivity contribution is 6.00. The first-order valence-corrected chi connectivity index (χ1v) is 21.0. The highest BCUT2D eigenvalue weighted by Gasteiger charge is 2.24. The minimum absolute atomic E-state index is 0.0493. The van der Waals surface area contributed by atoms with E-state index in [1.165, 1.54) is 48.5 Å². The second-order valence-electron chi connectivity index (χ2n) is 16.3. The third kappa shape index (κ3) is 8.56. The van der Waals surface area contributed by atoms with Gasteiger partial charge in [0, 0.05) is 66.5 Å². The highest BCUT2D eigenvalue weighted by Crippen LogP contribution is 2.31. The lowest BCUT2D eigenvalue weighted by molar-refractivity contribution is 0.0676. The van der Waals surface area contributed by atoms with E-state index in [4.69, 9.17) is 0 Å². The van der Waals surface area contributed by atoms with Crippen molar-refractivity contribution in [2.24, 2.45) is 0 Å². The van der Waals surface area contributed by atoms with E-state index >= 15 is 0 Å². The van der Waals surface area contributed by atoms with Crippen LogP contribution in [0.1, 0.15) is 128 Å². The maximum absolute atomic E-state index is 12.5. The van der Waals surface area contributed by atoms with Crippen LogP contribution in [0.3, 0.4) is 0 Å². The first-order valence-electron chi connectivity index (χ1n) is 21.0. The van der Waals surface area contributed by atoms with Crippen LogP contribution < -0.4 is 21.4 Å². The smallest absolute Gasteiger partial charge is 0.335 e. The number of nitrogens with one attached hydrogen (secondary N) is 4. The number of H-pyrrole nitrogens is 4. The minimum atomic E-state index is -1.46. The first kappa shape index (κ1) is 46.4. The molecule has 5 heterocycles. The molecule has 0 spiro atoms. The van der Waals surface area contributed by atoms with Gasteiger partial charge in [-0.3, -0.25) is 0 Å². The Hall–Kier alpha value is -10.8. The van der Waals surface area contributed by atoms with Crippen molar-refractivity contribution in [1.82, 2.24) is 19.9 Å². The number of fused-ring (bicyclic) bond motifs is 8. The van der Waals surface area contributed by atoms with Gasteiger partial charge in [0.15, 0.2) is 0 Å². The Morgan fingerprint density at radius 2 is 0.403 bits per heavy atom. The van der Waals surface area contributed by atoms with Crippen LogP contribution in [0.5, 0.6) is 0 Å². The van der Waals surface area contributed by atoms with Gasteiger partial charge in [0.25, 0.3) is 0 Å². The van der Waals surface area contributed by atoms with Crippen LogP contribution in [0.15, 0.2) is 121 Å². The zero-order valence-corrected chi connectivity index (χ0v) is 36.4. The summed E-state index contributed by atoms with van der Waals surface area (Å²) in [4.78, 5) is 113. The number of carbonyl (C=O) groups is 8. The summed E-state index contributed by atoms with van der Waals surface area (Å²) >= 11 is 0. The topological polar surface area (TPSA) is 362 Å². The molecule has 0 unspecified atom stereocenters. The van der Waals surface area contributed by atoms with E-state index in [1.54, 1.807) is 48.5 Å². The molecule has 9 rings (SSSR count). The fraction of sp³-hybridized carbons (Fsp3) is 0. The molecule has 1 aliphatic heterocycles. The van der Waals surface area contributed by atoms with E-state index in [0.29, 0.717) is 0 Å². The second-order valence-corrected chi connectivity index (χ2v) is 16.3. The number of hydrogen-bond acceptors (Lipinski definition) is 8. The van der Waals surface area contributed by atoms with Crippen LogP contribution in [0.4, 0.5) is 0 Å². The molecule has 356 valence electrons. The Morgan fingerprint density at radius 3 is 0.556 bits per heavy atom. The Kier molecular flexibility index (Phi) is 11.4. The van der Waals surface area contributed by atoms with Crippen molar-refractivity contribution in [3.63, 3.8) is 0 Å². The number of benzene rings is 4.